The number of amides is 1. The van der Waals surface area contributed by atoms with Crippen LogP contribution in [0.25, 0.3) is 0 Å². The lowest BCUT2D eigenvalue weighted by Gasteiger charge is -2.07. The standard InChI is InChI=1S/C16H17ClN2O4/c17-12-2-1-3-13(6-12)22-10-14-7-15(19-23-14)16(20)18-8-11-4-5-21-9-11/h1-3,6-7,11H,4-5,8-10H2,(H,18,20). The van der Waals surface area contributed by atoms with E-state index in [1.807, 2.05) is 0 Å². The molecule has 3 rings (SSSR count). The molecule has 1 fully saturated rings. The van der Waals surface area contributed by atoms with Gasteiger partial charge in [-0.25, -0.2) is 0 Å². The van der Waals surface area contributed by atoms with E-state index in [1.54, 1.807) is 30.3 Å². The van der Waals surface area contributed by atoms with Crippen molar-refractivity contribution in [1.82, 2.24) is 10.5 Å². The molecule has 0 spiro atoms. The molecule has 0 radical (unpaired) electrons. The molecule has 1 aromatic carbocycles. The molecule has 0 bridgehead atoms. The maximum atomic E-state index is 12.0. The molecule has 6 nitrogen and oxygen atoms in total. The number of ether oxygens (including phenoxy) is 2. The molecule has 2 aromatic rings. The third kappa shape index (κ3) is 4.46. The highest BCUT2D eigenvalue weighted by Crippen LogP contribution is 2.18. The minimum atomic E-state index is -0.255. The Labute approximate surface area is 138 Å². The van der Waals surface area contributed by atoms with E-state index in [-0.39, 0.29) is 18.2 Å². The molecular formula is C16H17ClN2O4. The second-order valence-corrected chi connectivity index (χ2v) is 5.80. The SMILES string of the molecule is O=C(NCC1CCOC1)c1cc(COc2cccc(Cl)c2)on1. The van der Waals surface area contributed by atoms with Crippen LogP contribution in [0.15, 0.2) is 34.9 Å². The third-order valence-corrected chi connectivity index (χ3v) is 3.78. The highest BCUT2D eigenvalue weighted by atomic mass is 35.5. The number of benzene rings is 1. The Morgan fingerprint density at radius 2 is 2.35 bits per heavy atom. The maximum Gasteiger partial charge on any atom is 0.273 e. The number of nitrogens with one attached hydrogen (secondary N) is 1. The first-order valence-corrected chi connectivity index (χ1v) is 7.78. The Morgan fingerprint density at radius 1 is 1.43 bits per heavy atom. The number of hydrogen-bond acceptors (Lipinski definition) is 5. The van der Waals surface area contributed by atoms with E-state index in [1.165, 1.54) is 0 Å². The summed E-state index contributed by atoms with van der Waals surface area (Å²) in [5.41, 5.74) is 0.244. The van der Waals surface area contributed by atoms with Crippen LogP contribution in [0, 0.1) is 5.92 Å². The minimum Gasteiger partial charge on any atom is -0.485 e. The minimum absolute atomic E-state index is 0.178. The molecule has 1 saturated heterocycles. The fourth-order valence-corrected chi connectivity index (χ4v) is 2.45. The largest absolute Gasteiger partial charge is 0.485 e. The van der Waals surface area contributed by atoms with Crippen molar-refractivity contribution < 1.29 is 18.8 Å². The van der Waals surface area contributed by atoms with Crippen molar-refractivity contribution >= 4 is 17.5 Å². The van der Waals surface area contributed by atoms with Crippen LogP contribution >= 0.6 is 11.6 Å². The summed E-state index contributed by atoms with van der Waals surface area (Å²) in [6.07, 6.45) is 0.970. The van der Waals surface area contributed by atoms with Gasteiger partial charge in [0.25, 0.3) is 5.91 Å². The molecule has 23 heavy (non-hydrogen) atoms. The van der Waals surface area contributed by atoms with Gasteiger partial charge in [-0.3, -0.25) is 4.79 Å². The second-order valence-electron chi connectivity index (χ2n) is 5.36. The second kappa shape index (κ2) is 7.48. The van der Waals surface area contributed by atoms with E-state index in [0.717, 1.165) is 13.0 Å². The lowest BCUT2D eigenvalue weighted by molar-refractivity contribution is 0.0935. The smallest absolute Gasteiger partial charge is 0.273 e. The van der Waals surface area contributed by atoms with E-state index >= 15 is 0 Å². The van der Waals surface area contributed by atoms with Gasteiger partial charge in [-0.05, 0) is 24.6 Å². The Balaban J connectivity index is 1.49. The van der Waals surface area contributed by atoms with Gasteiger partial charge in [0.05, 0.1) is 6.61 Å². The van der Waals surface area contributed by atoms with E-state index in [4.69, 9.17) is 25.6 Å². The molecule has 1 aliphatic heterocycles. The molecule has 0 aliphatic carbocycles. The van der Waals surface area contributed by atoms with Crippen LogP contribution in [-0.2, 0) is 11.3 Å². The number of carbonyl (C=O) groups is 1. The molecule has 1 N–H and O–H groups in total. The summed E-state index contributed by atoms with van der Waals surface area (Å²) in [4.78, 5) is 12.0. The van der Waals surface area contributed by atoms with Gasteiger partial charge < -0.3 is 19.3 Å². The average Bonchev–Trinajstić information content (AvgIpc) is 3.22. The van der Waals surface area contributed by atoms with Crippen molar-refractivity contribution in [3.05, 3.63) is 46.8 Å². The number of aromatic nitrogens is 1. The summed E-state index contributed by atoms with van der Waals surface area (Å²) in [6.45, 7) is 2.21. The Morgan fingerprint density at radius 3 is 3.13 bits per heavy atom. The molecule has 122 valence electrons. The molecule has 2 heterocycles. The average molecular weight is 337 g/mol. The lowest BCUT2D eigenvalue weighted by atomic mass is 10.1. The normalized spacial score (nSPS) is 17.2. The molecular weight excluding hydrogens is 320 g/mol. The van der Waals surface area contributed by atoms with Crippen LogP contribution in [-0.4, -0.2) is 30.8 Å². The zero-order chi connectivity index (χ0) is 16.1. The summed E-state index contributed by atoms with van der Waals surface area (Å²) >= 11 is 5.88. The van der Waals surface area contributed by atoms with Crippen molar-refractivity contribution in [3.8, 4) is 5.75 Å². The first kappa shape index (κ1) is 15.8. The van der Waals surface area contributed by atoms with Crippen LogP contribution in [0.4, 0.5) is 0 Å². The van der Waals surface area contributed by atoms with Crippen molar-refractivity contribution in [2.45, 2.75) is 13.0 Å². The number of hydrogen-bond donors (Lipinski definition) is 1. The summed E-state index contributed by atoms with van der Waals surface area (Å²) in [5.74, 6) is 1.21. The van der Waals surface area contributed by atoms with Crippen LogP contribution in [0.3, 0.4) is 0 Å². The third-order valence-electron chi connectivity index (χ3n) is 3.54. The highest BCUT2D eigenvalue weighted by molar-refractivity contribution is 6.30. The first-order valence-electron chi connectivity index (χ1n) is 7.40. The van der Waals surface area contributed by atoms with Gasteiger partial charge in [0.1, 0.15) is 12.4 Å². The predicted molar refractivity (Wildman–Crippen MR) is 83.5 cm³/mol. The van der Waals surface area contributed by atoms with Gasteiger partial charge in [0.15, 0.2) is 11.5 Å². The zero-order valence-corrected chi connectivity index (χ0v) is 13.2. The highest BCUT2D eigenvalue weighted by Gasteiger charge is 2.18. The van der Waals surface area contributed by atoms with E-state index in [2.05, 4.69) is 10.5 Å². The predicted octanol–water partition coefficient (Wildman–Crippen LogP) is 2.67. The molecule has 1 aliphatic rings. The van der Waals surface area contributed by atoms with Crippen LogP contribution < -0.4 is 10.1 Å². The fourth-order valence-electron chi connectivity index (χ4n) is 2.27. The van der Waals surface area contributed by atoms with Gasteiger partial charge in [-0.15, -0.1) is 0 Å². The quantitative estimate of drug-likeness (QED) is 0.878. The Kier molecular flexibility index (Phi) is 5.15. The number of nitrogens with zero attached hydrogens (tertiary/aromatic N) is 1. The van der Waals surface area contributed by atoms with Crippen molar-refractivity contribution in [2.75, 3.05) is 19.8 Å². The molecule has 1 aromatic heterocycles. The van der Waals surface area contributed by atoms with Gasteiger partial charge >= 0.3 is 0 Å². The van der Waals surface area contributed by atoms with E-state index < -0.39 is 0 Å². The lowest BCUT2D eigenvalue weighted by Crippen LogP contribution is -2.29. The summed E-state index contributed by atoms with van der Waals surface area (Å²) in [6, 6.07) is 8.63. The van der Waals surface area contributed by atoms with Crippen LogP contribution in [0.2, 0.25) is 5.02 Å². The molecule has 1 amide bonds. The first-order chi connectivity index (χ1) is 11.2. The van der Waals surface area contributed by atoms with E-state index in [0.29, 0.717) is 35.6 Å². The Bertz CT molecular complexity index is 668. The summed E-state index contributed by atoms with van der Waals surface area (Å²) in [5, 5.41) is 7.20. The number of rotatable bonds is 6. The molecule has 7 heteroatoms. The van der Waals surface area contributed by atoms with E-state index in [9.17, 15) is 4.79 Å². The van der Waals surface area contributed by atoms with Gasteiger partial charge in [0.2, 0.25) is 0 Å². The number of halogens is 1. The fraction of sp³-hybridized carbons (Fsp3) is 0.375. The molecule has 0 saturated carbocycles. The van der Waals surface area contributed by atoms with Crippen LogP contribution in [0.1, 0.15) is 22.7 Å². The Hall–Kier alpha value is -2.05. The summed E-state index contributed by atoms with van der Waals surface area (Å²) < 4.78 is 15.9. The zero-order valence-electron chi connectivity index (χ0n) is 12.5. The number of carbonyl (C=O) groups excluding carboxylic acids is 1. The van der Waals surface area contributed by atoms with Crippen molar-refractivity contribution in [2.24, 2.45) is 5.92 Å². The van der Waals surface area contributed by atoms with Crippen molar-refractivity contribution in [1.29, 1.82) is 0 Å². The van der Waals surface area contributed by atoms with Crippen LogP contribution in [0.5, 0.6) is 5.75 Å². The van der Waals surface area contributed by atoms with Gasteiger partial charge in [-0.1, -0.05) is 22.8 Å². The molecule has 1 unspecified atom stereocenters. The topological polar surface area (TPSA) is 73.6 Å². The summed E-state index contributed by atoms with van der Waals surface area (Å²) in [7, 11) is 0. The van der Waals surface area contributed by atoms with Gasteiger partial charge in [0, 0.05) is 30.2 Å². The molecule has 1 atom stereocenters. The van der Waals surface area contributed by atoms with Gasteiger partial charge in [-0.2, -0.15) is 0 Å². The van der Waals surface area contributed by atoms with Crippen molar-refractivity contribution in [3.63, 3.8) is 0 Å². The monoisotopic (exact) mass is 336 g/mol. The maximum absolute atomic E-state index is 12.0.